The van der Waals surface area contributed by atoms with E-state index in [1.165, 1.54) is 56.9 Å². The molecule has 0 amide bonds. The van der Waals surface area contributed by atoms with E-state index < -0.39 is 0 Å². The minimum atomic E-state index is 0.651. The molecule has 3 unspecified atom stereocenters. The summed E-state index contributed by atoms with van der Waals surface area (Å²) in [5.74, 6) is 2.27. The molecule has 2 aromatic carbocycles. The lowest BCUT2D eigenvalue weighted by molar-refractivity contribution is 0.393. The SMILES string of the molecule is CCC(CCCC1C=Cc2ccccc21)CCC1C2=C(CC2)c2ccccc21. The van der Waals surface area contributed by atoms with E-state index in [0.29, 0.717) is 5.92 Å². The van der Waals surface area contributed by atoms with Crippen LogP contribution in [0.15, 0.2) is 60.2 Å². The second-order valence-electron chi connectivity index (χ2n) is 9.02. The fraction of sp³-hybridized carbons (Fsp3) is 0.429. The van der Waals surface area contributed by atoms with Crippen molar-refractivity contribution in [3.63, 3.8) is 0 Å². The van der Waals surface area contributed by atoms with E-state index in [-0.39, 0.29) is 0 Å². The van der Waals surface area contributed by atoms with Crippen molar-refractivity contribution < 1.29 is 0 Å². The van der Waals surface area contributed by atoms with Gasteiger partial charge in [-0.2, -0.15) is 0 Å². The highest BCUT2D eigenvalue weighted by Gasteiger charge is 2.35. The Kier molecular flexibility index (Phi) is 4.97. The largest absolute Gasteiger partial charge is 0.0764 e. The molecule has 144 valence electrons. The molecule has 0 nitrogen and oxygen atoms in total. The minimum absolute atomic E-state index is 0.651. The molecular weight excluding hydrogens is 336 g/mol. The van der Waals surface area contributed by atoms with Crippen LogP contribution in [0.2, 0.25) is 0 Å². The normalized spacial score (nSPS) is 22.6. The van der Waals surface area contributed by atoms with Crippen LogP contribution in [0.3, 0.4) is 0 Å². The Morgan fingerprint density at radius 2 is 1.71 bits per heavy atom. The topological polar surface area (TPSA) is 0 Å². The lowest BCUT2D eigenvalue weighted by Crippen LogP contribution is -2.08. The van der Waals surface area contributed by atoms with Crippen LogP contribution >= 0.6 is 0 Å². The van der Waals surface area contributed by atoms with Gasteiger partial charge in [-0.3, -0.25) is 0 Å². The lowest BCUT2D eigenvalue weighted by atomic mass is 9.80. The molecule has 2 aromatic rings. The summed E-state index contributed by atoms with van der Waals surface area (Å²) in [6.45, 7) is 2.39. The smallest absolute Gasteiger partial charge is 0.00604 e. The molecule has 0 N–H and O–H groups in total. The zero-order valence-electron chi connectivity index (χ0n) is 17.2. The van der Waals surface area contributed by atoms with Gasteiger partial charge < -0.3 is 0 Å². The molecule has 0 heteroatoms. The molecule has 5 rings (SSSR count). The Hall–Kier alpha value is -2.08. The number of benzene rings is 2. The van der Waals surface area contributed by atoms with Gasteiger partial charge >= 0.3 is 0 Å². The monoisotopic (exact) mass is 368 g/mol. The van der Waals surface area contributed by atoms with E-state index in [9.17, 15) is 0 Å². The summed E-state index contributed by atoms with van der Waals surface area (Å²) in [6, 6.07) is 18.1. The van der Waals surface area contributed by atoms with Crippen molar-refractivity contribution in [2.75, 3.05) is 0 Å². The van der Waals surface area contributed by atoms with E-state index in [1.54, 1.807) is 27.8 Å². The first kappa shape index (κ1) is 18.0. The van der Waals surface area contributed by atoms with Crippen molar-refractivity contribution in [1.29, 1.82) is 0 Å². The Bertz CT molecular complexity index is 913. The molecular formula is C28H32. The van der Waals surface area contributed by atoms with E-state index >= 15 is 0 Å². The van der Waals surface area contributed by atoms with Gasteiger partial charge in [0.15, 0.2) is 0 Å². The summed E-state index contributed by atoms with van der Waals surface area (Å²) in [6.07, 6.45) is 15.5. The van der Waals surface area contributed by atoms with Crippen molar-refractivity contribution in [3.8, 4) is 0 Å². The summed E-state index contributed by atoms with van der Waals surface area (Å²) >= 11 is 0. The molecule has 0 saturated carbocycles. The molecule has 0 aliphatic heterocycles. The predicted molar refractivity (Wildman–Crippen MR) is 120 cm³/mol. The number of hydrogen-bond donors (Lipinski definition) is 0. The van der Waals surface area contributed by atoms with Gasteiger partial charge in [-0.25, -0.2) is 0 Å². The van der Waals surface area contributed by atoms with Crippen molar-refractivity contribution in [3.05, 3.63) is 82.4 Å². The molecule has 0 radical (unpaired) electrons. The lowest BCUT2D eigenvalue weighted by Gasteiger charge is -2.24. The first-order valence-electron chi connectivity index (χ1n) is 11.4. The number of fused-ring (bicyclic) bond motifs is 3. The Balaban J connectivity index is 1.15. The van der Waals surface area contributed by atoms with Crippen molar-refractivity contribution in [2.24, 2.45) is 5.92 Å². The number of hydrogen-bond acceptors (Lipinski definition) is 0. The highest BCUT2D eigenvalue weighted by Crippen LogP contribution is 2.54. The van der Waals surface area contributed by atoms with Crippen molar-refractivity contribution >= 4 is 11.6 Å². The third-order valence-corrected chi connectivity index (χ3v) is 7.59. The minimum Gasteiger partial charge on any atom is -0.0764 e. The molecule has 3 atom stereocenters. The second-order valence-corrected chi connectivity index (χ2v) is 9.02. The molecule has 0 fully saturated rings. The van der Waals surface area contributed by atoms with Gasteiger partial charge in [-0.05, 0) is 65.8 Å². The first-order valence-corrected chi connectivity index (χ1v) is 11.4. The molecule has 0 heterocycles. The van der Waals surface area contributed by atoms with E-state index in [1.807, 2.05) is 0 Å². The Morgan fingerprint density at radius 3 is 2.54 bits per heavy atom. The Morgan fingerprint density at radius 1 is 0.893 bits per heavy atom. The van der Waals surface area contributed by atoms with Crippen LogP contribution in [0, 0.1) is 5.92 Å². The van der Waals surface area contributed by atoms with Crippen LogP contribution in [-0.2, 0) is 0 Å². The van der Waals surface area contributed by atoms with Gasteiger partial charge in [-0.1, -0.05) is 92.4 Å². The van der Waals surface area contributed by atoms with Crippen LogP contribution in [0.25, 0.3) is 11.6 Å². The van der Waals surface area contributed by atoms with E-state index in [4.69, 9.17) is 0 Å². The maximum Gasteiger partial charge on any atom is 0.00604 e. The predicted octanol–water partition coefficient (Wildman–Crippen LogP) is 8.12. The summed E-state index contributed by atoms with van der Waals surface area (Å²) in [5, 5.41) is 0. The zero-order valence-corrected chi connectivity index (χ0v) is 17.2. The molecule has 3 aliphatic rings. The third-order valence-electron chi connectivity index (χ3n) is 7.59. The van der Waals surface area contributed by atoms with Crippen LogP contribution in [0.1, 0.15) is 92.4 Å². The van der Waals surface area contributed by atoms with Crippen LogP contribution in [-0.4, -0.2) is 0 Å². The molecule has 0 aromatic heterocycles. The van der Waals surface area contributed by atoms with Gasteiger partial charge in [0.1, 0.15) is 0 Å². The molecule has 28 heavy (non-hydrogen) atoms. The highest BCUT2D eigenvalue weighted by atomic mass is 14.4. The zero-order chi connectivity index (χ0) is 18.9. The van der Waals surface area contributed by atoms with Crippen LogP contribution < -0.4 is 0 Å². The maximum absolute atomic E-state index is 2.42. The number of allylic oxidation sites excluding steroid dienone is 3. The molecule has 0 saturated heterocycles. The van der Waals surface area contributed by atoms with Crippen molar-refractivity contribution in [1.82, 2.24) is 0 Å². The van der Waals surface area contributed by atoms with Crippen molar-refractivity contribution in [2.45, 2.75) is 70.1 Å². The maximum atomic E-state index is 2.42. The first-order chi connectivity index (χ1) is 13.8. The molecule has 0 spiro atoms. The average molecular weight is 369 g/mol. The van der Waals surface area contributed by atoms with Gasteiger partial charge in [0.05, 0.1) is 0 Å². The summed E-state index contributed by atoms with van der Waals surface area (Å²) in [5.41, 5.74) is 9.66. The molecule has 3 aliphatic carbocycles. The fourth-order valence-corrected chi connectivity index (χ4v) is 5.84. The summed E-state index contributed by atoms with van der Waals surface area (Å²) < 4.78 is 0. The average Bonchev–Trinajstić information content (AvgIpc) is 3.20. The molecule has 0 bridgehead atoms. The van der Waals surface area contributed by atoms with Gasteiger partial charge in [0.2, 0.25) is 0 Å². The van der Waals surface area contributed by atoms with Crippen LogP contribution in [0.5, 0.6) is 0 Å². The third kappa shape index (κ3) is 3.17. The van der Waals surface area contributed by atoms with E-state index in [2.05, 4.69) is 67.6 Å². The summed E-state index contributed by atoms with van der Waals surface area (Å²) in [4.78, 5) is 0. The fourth-order valence-electron chi connectivity index (χ4n) is 5.84. The quantitative estimate of drug-likeness (QED) is 0.441. The Labute approximate surface area is 170 Å². The van der Waals surface area contributed by atoms with Gasteiger partial charge in [0.25, 0.3) is 0 Å². The van der Waals surface area contributed by atoms with Crippen LogP contribution in [0.4, 0.5) is 0 Å². The summed E-state index contributed by atoms with van der Waals surface area (Å²) in [7, 11) is 0. The number of rotatable bonds is 8. The van der Waals surface area contributed by atoms with Gasteiger partial charge in [0, 0.05) is 11.8 Å². The second kappa shape index (κ2) is 7.74. The van der Waals surface area contributed by atoms with E-state index in [0.717, 1.165) is 11.8 Å². The highest BCUT2D eigenvalue weighted by molar-refractivity contribution is 5.82. The van der Waals surface area contributed by atoms with Gasteiger partial charge in [-0.15, -0.1) is 0 Å². The standard InChI is InChI=1S/C28H32/c1-2-20(8-7-10-22-16-15-21-9-3-4-11-23(21)22)14-17-26-24-12-5-6-13-25(24)27-18-19-28(26)27/h3-6,9,11-13,15-16,20,22,26H,2,7-8,10,14,17-19H2,1H3.